The van der Waals surface area contributed by atoms with Crippen molar-refractivity contribution in [3.63, 3.8) is 0 Å². The Kier molecular flexibility index (Phi) is 6.36. The van der Waals surface area contributed by atoms with Crippen molar-refractivity contribution in [1.29, 1.82) is 0 Å². The first-order valence-electron chi connectivity index (χ1n) is 8.31. The molecular formula is C19H20N2O5S. The summed E-state index contributed by atoms with van der Waals surface area (Å²) in [4.78, 5) is 4.24. The molecular weight excluding hydrogens is 368 g/mol. The maximum Gasteiger partial charge on any atom is 0.225 e. The van der Waals surface area contributed by atoms with E-state index in [1.54, 1.807) is 19.4 Å². The largest absolute Gasteiger partial charge is 0.445 e. The van der Waals surface area contributed by atoms with E-state index in [1.165, 1.54) is 6.26 Å². The van der Waals surface area contributed by atoms with Gasteiger partial charge in [0.05, 0.1) is 32.1 Å². The SMILES string of the molecule is COCCOCC1=CC=C(c2ccc(-c3ncco3)cc2)C(=S(=O)=O)C1N. The highest BCUT2D eigenvalue weighted by molar-refractivity contribution is 7.74. The Morgan fingerprint density at radius 2 is 1.89 bits per heavy atom. The molecule has 142 valence electrons. The molecule has 1 aliphatic rings. The Morgan fingerprint density at radius 3 is 2.52 bits per heavy atom. The van der Waals surface area contributed by atoms with Crippen LogP contribution in [-0.4, -0.2) is 51.2 Å². The van der Waals surface area contributed by atoms with E-state index >= 15 is 0 Å². The van der Waals surface area contributed by atoms with Crippen LogP contribution in [0.1, 0.15) is 5.56 Å². The molecule has 1 aromatic heterocycles. The summed E-state index contributed by atoms with van der Waals surface area (Å²) in [6.45, 7) is 1.12. The van der Waals surface area contributed by atoms with Gasteiger partial charge in [0, 0.05) is 18.2 Å². The molecule has 1 atom stereocenters. The highest BCUT2D eigenvalue weighted by Gasteiger charge is 2.25. The minimum absolute atomic E-state index is 0.145. The van der Waals surface area contributed by atoms with Gasteiger partial charge in [-0.05, 0) is 23.3 Å². The molecule has 0 aliphatic heterocycles. The summed E-state index contributed by atoms with van der Waals surface area (Å²) in [7, 11) is -0.869. The van der Waals surface area contributed by atoms with E-state index in [-0.39, 0.29) is 11.5 Å². The lowest BCUT2D eigenvalue weighted by Crippen LogP contribution is -2.37. The Balaban J connectivity index is 1.87. The number of ether oxygens (including phenoxy) is 2. The van der Waals surface area contributed by atoms with Crippen molar-refractivity contribution < 1.29 is 22.3 Å². The molecule has 2 N–H and O–H groups in total. The Morgan fingerprint density at radius 1 is 1.15 bits per heavy atom. The van der Waals surface area contributed by atoms with Crippen LogP contribution in [0.15, 0.2) is 58.9 Å². The first-order valence-corrected chi connectivity index (χ1v) is 9.39. The summed E-state index contributed by atoms with van der Waals surface area (Å²) in [5, 5.41) is 0. The fourth-order valence-corrected chi connectivity index (χ4v) is 3.50. The normalized spacial score (nSPS) is 16.8. The standard InChI is InChI=1S/C19H20N2O5S/c1-24-10-11-25-12-15-6-7-16(18(17(15)20)27(22)23)13-2-4-14(5-3-13)19-21-8-9-26-19/h2-9,17H,10-12,20H2,1H3. The summed E-state index contributed by atoms with van der Waals surface area (Å²) < 4.78 is 39.4. The number of allylic oxidation sites excluding steroid dienone is 2. The number of hydrogen-bond donors (Lipinski definition) is 1. The van der Waals surface area contributed by atoms with Gasteiger partial charge in [-0.25, -0.2) is 4.98 Å². The Labute approximate surface area is 158 Å². The second kappa shape index (κ2) is 8.92. The van der Waals surface area contributed by atoms with Gasteiger partial charge in [0.1, 0.15) is 11.1 Å². The molecule has 0 fully saturated rings. The lowest BCUT2D eigenvalue weighted by atomic mass is 9.89. The van der Waals surface area contributed by atoms with E-state index in [9.17, 15) is 8.42 Å². The fourth-order valence-electron chi connectivity index (χ4n) is 2.77. The number of rotatable bonds is 7. The third-order valence-electron chi connectivity index (χ3n) is 4.17. The third-order valence-corrected chi connectivity index (χ3v) is 5.00. The van der Waals surface area contributed by atoms with Gasteiger partial charge in [0.25, 0.3) is 0 Å². The number of nitrogens with two attached hydrogens (primary N) is 1. The molecule has 0 radical (unpaired) electrons. The van der Waals surface area contributed by atoms with Crippen LogP contribution in [0.2, 0.25) is 0 Å². The fraction of sp³-hybridized carbons (Fsp3) is 0.263. The van der Waals surface area contributed by atoms with Crippen LogP contribution in [0, 0.1) is 0 Å². The molecule has 0 bridgehead atoms. The van der Waals surface area contributed by atoms with E-state index in [2.05, 4.69) is 4.98 Å². The van der Waals surface area contributed by atoms with Crippen LogP contribution in [0.4, 0.5) is 0 Å². The van der Waals surface area contributed by atoms with Crippen LogP contribution < -0.4 is 5.73 Å². The van der Waals surface area contributed by atoms with Gasteiger partial charge in [-0.1, -0.05) is 24.3 Å². The summed E-state index contributed by atoms with van der Waals surface area (Å²) in [5.41, 5.74) is 9.01. The molecule has 1 aliphatic carbocycles. The first kappa shape index (κ1) is 19.2. The van der Waals surface area contributed by atoms with Crippen LogP contribution in [0.5, 0.6) is 0 Å². The first-order chi connectivity index (χ1) is 13.1. The average Bonchev–Trinajstić information content (AvgIpc) is 3.20. The number of oxazole rings is 1. The van der Waals surface area contributed by atoms with Crippen molar-refractivity contribution in [1.82, 2.24) is 4.98 Å². The lowest BCUT2D eigenvalue weighted by Gasteiger charge is -2.22. The van der Waals surface area contributed by atoms with Gasteiger partial charge in [0.2, 0.25) is 16.2 Å². The highest BCUT2D eigenvalue weighted by atomic mass is 32.2. The molecule has 0 saturated heterocycles. The molecule has 0 saturated carbocycles. The average molecular weight is 388 g/mol. The number of benzene rings is 1. The molecule has 0 amide bonds. The molecule has 27 heavy (non-hydrogen) atoms. The van der Waals surface area contributed by atoms with Crippen LogP contribution >= 0.6 is 0 Å². The zero-order chi connectivity index (χ0) is 19.2. The molecule has 7 nitrogen and oxygen atoms in total. The van der Waals surface area contributed by atoms with E-state index in [0.717, 1.165) is 11.1 Å². The van der Waals surface area contributed by atoms with Gasteiger partial charge >= 0.3 is 0 Å². The van der Waals surface area contributed by atoms with Gasteiger partial charge < -0.3 is 19.6 Å². The zero-order valence-corrected chi connectivity index (χ0v) is 15.6. The molecule has 1 aromatic carbocycles. The van der Waals surface area contributed by atoms with Crippen molar-refractivity contribution in [2.45, 2.75) is 6.04 Å². The molecule has 2 aromatic rings. The molecule has 0 spiro atoms. The van der Waals surface area contributed by atoms with Crippen molar-refractivity contribution in [2.75, 3.05) is 26.9 Å². The monoisotopic (exact) mass is 388 g/mol. The van der Waals surface area contributed by atoms with E-state index in [1.807, 2.05) is 30.3 Å². The topological polar surface area (TPSA) is 105 Å². The Bertz CT molecular complexity index is 966. The lowest BCUT2D eigenvalue weighted by molar-refractivity contribution is 0.0814. The minimum atomic E-state index is -2.46. The number of nitrogens with zero attached hydrogens (tertiary/aromatic N) is 1. The third kappa shape index (κ3) is 4.42. The van der Waals surface area contributed by atoms with E-state index < -0.39 is 16.3 Å². The zero-order valence-electron chi connectivity index (χ0n) is 14.8. The van der Waals surface area contributed by atoms with Crippen LogP contribution in [-0.2, 0) is 19.8 Å². The summed E-state index contributed by atoms with van der Waals surface area (Å²) in [6, 6.07) is 6.53. The predicted molar refractivity (Wildman–Crippen MR) is 103 cm³/mol. The molecule has 1 heterocycles. The van der Waals surface area contributed by atoms with Gasteiger partial charge in [0.15, 0.2) is 0 Å². The van der Waals surface area contributed by atoms with Crippen molar-refractivity contribution in [3.8, 4) is 11.5 Å². The summed E-state index contributed by atoms with van der Waals surface area (Å²) in [5.74, 6) is 0.503. The van der Waals surface area contributed by atoms with E-state index in [0.29, 0.717) is 30.3 Å². The number of methoxy groups -OCH3 is 1. The summed E-state index contributed by atoms with van der Waals surface area (Å²) >= 11 is 0. The second-order valence-corrected chi connectivity index (χ2v) is 6.77. The quantitative estimate of drug-likeness (QED) is 0.569. The molecule has 1 unspecified atom stereocenters. The van der Waals surface area contributed by atoms with Crippen molar-refractivity contribution in [3.05, 3.63) is 60.0 Å². The van der Waals surface area contributed by atoms with E-state index in [4.69, 9.17) is 19.6 Å². The van der Waals surface area contributed by atoms with Crippen LogP contribution in [0.25, 0.3) is 17.0 Å². The number of hydrogen-bond acceptors (Lipinski definition) is 7. The Hall–Kier alpha value is -2.52. The molecule has 3 rings (SSSR count). The van der Waals surface area contributed by atoms with Gasteiger partial charge in [-0.2, -0.15) is 8.42 Å². The number of aromatic nitrogens is 1. The van der Waals surface area contributed by atoms with Crippen LogP contribution in [0.3, 0.4) is 0 Å². The highest BCUT2D eigenvalue weighted by Crippen LogP contribution is 2.26. The smallest absolute Gasteiger partial charge is 0.225 e. The van der Waals surface area contributed by atoms with Gasteiger partial charge in [-0.3, -0.25) is 0 Å². The predicted octanol–water partition coefficient (Wildman–Crippen LogP) is 1.71. The second-order valence-electron chi connectivity index (χ2n) is 5.86. The van der Waals surface area contributed by atoms with Crippen molar-refractivity contribution >= 4 is 20.7 Å². The van der Waals surface area contributed by atoms with Crippen molar-refractivity contribution in [2.24, 2.45) is 5.73 Å². The minimum Gasteiger partial charge on any atom is -0.445 e. The van der Waals surface area contributed by atoms with Gasteiger partial charge in [-0.15, -0.1) is 0 Å². The maximum atomic E-state index is 11.9. The molecule has 8 heteroatoms. The summed E-state index contributed by atoms with van der Waals surface area (Å²) in [6.07, 6.45) is 6.63. The maximum absolute atomic E-state index is 11.9.